The first kappa shape index (κ1) is 13.7. The molecular weight excluding hydrogens is 365 g/mol. The zero-order valence-corrected chi connectivity index (χ0v) is 13.2. The number of hydrogen-bond donors (Lipinski definition) is 0. The fraction of sp³-hybridized carbons (Fsp3) is 0.333. The van der Waals surface area contributed by atoms with Crippen LogP contribution in [0.5, 0.6) is 0 Å². The van der Waals surface area contributed by atoms with E-state index in [4.69, 9.17) is 0 Å². The van der Waals surface area contributed by atoms with Gasteiger partial charge in [-0.3, -0.25) is 0 Å². The van der Waals surface area contributed by atoms with Crippen molar-refractivity contribution in [1.82, 2.24) is 15.0 Å². The number of rotatable bonds is 3. The molecule has 18 heavy (non-hydrogen) atoms. The first-order chi connectivity index (χ1) is 8.52. The van der Waals surface area contributed by atoms with Gasteiger partial charge in [0, 0.05) is 0 Å². The van der Waals surface area contributed by atoms with Crippen LogP contribution in [-0.4, -0.2) is 15.0 Å². The highest BCUT2D eigenvalue weighted by Crippen LogP contribution is 2.26. The highest BCUT2D eigenvalue weighted by atomic mass is 79.9. The molecule has 0 saturated carbocycles. The van der Waals surface area contributed by atoms with Crippen LogP contribution in [0, 0.1) is 12.7 Å². The average Bonchev–Trinajstić information content (AvgIpc) is 2.82. The minimum Gasteiger partial charge on any atom is -0.220 e. The molecule has 0 aliphatic heterocycles. The summed E-state index contributed by atoms with van der Waals surface area (Å²) in [4.78, 5) is 0.190. The van der Waals surface area contributed by atoms with Crippen LogP contribution < -0.4 is 0 Å². The fourth-order valence-corrected chi connectivity index (χ4v) is 2.17. The smallest absolute Gasteiger partial charge is 0.137 e. The van der Waals surface area contributed by atoms with Crippen LogP contribution in [-0.2, 0) is 0 Å². The molecule has 1 heterocycles. The SMILES string of the molecule is CCC(Br)c1cn(-c2cc(Br)c(F)cc2C)nn1. The summed E-state index contributed by atoms with van der Waals surface area (Å²) >= 11 is 6.71. The summed E-state index contributed by atoms with van der Waals surface area (Å²) in [5.41, 5.74) is 2.50. The van der Waals surface area contributed by atoms with Crippen LogP contribution in [0.15, 0.2) is 22.8 Å². The van der Waals surface area contributed by atoms with Gasteiger partial charge in [0.15, 0.2) is 0 Å². The van der Waals surface area contributed by atoms with E-state index in [0.29, 0.717) is 4.47 Å². The summed E-state index contributed by atoms with van der Waals surface area (Å²) < 4.78 is 15.5. The summed E-state index contributed by atoms with van der Waals surface area (Å²) in [6.45, 7) is 3.91. The van der Waals surface area contributed by atoms with Gasteiger partial charge in [0.05, 0.1) is 26.9 Å². The van der Waals surface area contributed by atoms with Crippen LogP contribution >= 0.6 is 31.9 Å². The van der Waals surface area contributed by atoms with Gasteiger partial charge in [0.2, 0.25) is 0 Å². The maximum absolute atomic E-state index is 13.4. The van der Waals surface area contributed by atoms with Crippen LogP contribution in [0.25, 0.3) is 5.69 Å². The Balaban J connectivity index is 2.43. The van der Waals surface area contributed by atoms with Gasteiger partial charge in [-0.05, 0) is 47.0 Å². The molecule has 3 nitrogen and oxygen atoms in total. The summed E-state index contributed by atoms with van der Waals surface area (Å²) in [6.07, 6.45) is 2.79. The van der Waals surface area contributed by atoms with Gasteiger partial charge in [-0.2, -0.15) is 0 Å². The second-order valence-electron chi connectivity index (χ2n) is 4.02. The van der Waals surface area contributed by atoms with E-state index < -0.39 is 0 Å². The Morgan fingerprint density at radius 2 is 2.17 bits per heavy atom. The van der Waals surface area contributed by atoms with E-state index in [-0.39, 0.29) is 10.6 Å². The highest BCUT2D eigenvalue weighted by Gasteiger charge is 2.13. The van der Waals surface area contributed by atoms with Crippen molar-refractivity contribution in [3.8, 4) is 5.69 Å². The number of aryl methyl sites for hydroxylation is 1. The van der Waals surface area contributed by atoms with E-state index in [0.717, 1.165) is 23.4 Å². The maximum atomic E-state index is 13.4. The van der Waals surface area contributed by atoms with Gasteiger partial charge in [0.25, 0.3) is 0 Å². The Kier molecular flexibility index (Phi) is 4.17. The van der Waals surface area contributed by atoms with Gasteiger partial charge < -0.3 is 0 Å². The lowest BCUT2D eigenvalue weighted by molar-refractivity contribution is 0.618. The fourth-order valence-electron chi connectivity index (χ4n) is 1.63. The Labute approximate surface area is 122 Å². The third kappa shape index (κ3) is 2.64. The van der Waals surface area contributed by atoms with E-state index in [2.05, 4.69) is 49.1 Å². The number of aromatic nitrogens is 3. The van der Waals surface area contributed by atoms with Crippen molar-refractivity contribution in [3.63, 3.8) is 0 Å². The average molecular weight is 377 g/mol. The molecule has 1 atom stereocenters. The molecule has 0 fully saturated rings. The van der Waals surface area contributed by atoms with Gasteiger partial charge in [-0.15, -0.1) is 5.10 Å². The van der Waals surface area contributed by atoms with E-state index in [9.17, 15) is 4.39 Å². The lowest BCUT2D eigenvalue weighted by Gasteiger charge is -2.06. The van der Waals surface area contributed by atoms with Gasteiger partial charge in [-0.25, -0.2) is 9.07 Å². The Bertz CT molecular complexity index is 568. The molecule has 0 aliphatic rings. The van der Waals surface area contributed by atoms with E-state index in [1.54, 1.807) is 10.7 Å². The molecule has 0 bridgehead atoms. The summed E-state index contributed by atoms with van der Waals surface area (Å²) in [6, 6.07) is 3.19. The van der Waals surface area contributed by atoms with Gasteiger partial charge >= 0.3 is 0 Å². The van der Waals surface area contributed by atoms with Crippen molar-refractivity contribution in [2.24, 2.45) is 0 Å². The number of nitrogens with zero attached hydrogens (tertiary/aromatic N) is 3. The van der Waals surface area contributed by atoms with Crippen molar-refractivity contribution in [1.29, 1.82) is 0 Å². The van der Waals surface area contributed by atoms with Crippen molar-refractivity contribution in [3.05, 3.63) is 39.9 Å². The monoisotopic (exact) mass is 375 g/mol. The topological polar surface area (TPSA) is 30.7 Å². The Morgan fingerprint density at radius 3 is 2.83 bits per heavy atom. The number of hydrogen-bond acceptors (Lipinski definition) is 2. The Hall–Kier alpha value is -0.750. The molecule has 0 saturated heterocycles. The molecular formula is C12H12Br2FN3. The van der Waals surface area contributed by atoms with Crippen molar-refractivity contribution in [2.45, 2.75) is 25.1 Å². The van der Waals surface area contributed by atoms with Crippen LogP contribution in [0.2, 0.25) is 0 Å². The minimum atomic E-state index is -0.275. The van der Waals surface area contributed by atoms with Crippen molar-refractivity contribution < 1.29 is 4.39 Å². The quantitative estimate of drug-likeness (QED) is 0.746. The number of benzene rings is 1. The lowest BCUT2D eigenvalue weighted by atomic mass is 10.2. The van der Waals surface area contributed by atoms with Crippen molar-refractivity contribution >= 4 is 31.9 Å². The molecule has 0 radical (unpaired) electrons. The number of halogens is 3. The third-order valence-electron chi connectivity index (χ3n) is 2.68. The largest absolute Gasteiger partial charge is 0.220 e. The zero-order chi connectivity index (χ0) is 13.3. The van der Waals surface area contributed by atoms with E-state index in [1.807, 2.05) is 13.1 Å². The standard InChI is InChI=1S/C12H12Br2FN3/c1-3-8(13)11-6-18(17-16-11)12-5-9(14)10(15)4-7(12)2/h4-6,8H,3H2,1-2H3. The van der Waals surface area contributed by atoms with Crippen LogP contribution in [0.3, 0.4) is 0 Å². The van der Waals surface area contributed by atoms with Crippen molar-refractivity contribution in [2.75, 3.05) is 0 Å². The first-order valence-electron chi connectivity index (χ1n) is 5.55. The second-order valence-corrected chi connectivity index (χ2v) is 5.98. The van der Waals surface area contributed by atoms with Gasteiger partial charge in [0.1, 0.15) is 5.82 Å². The number of alkyl halides is 1. The predicted octanol–water partition coefficient (Wildman–Crippen LogP) is 4.32. The molecule has 96 valence electrons. The Morgan fingerprint density at radius 1 is 1.44 bits per heavy atom. The molecule has 1 aromatic carbocycles. The lowest BCUT2D eigenvalue weighted by Crippen LogP contribution is -1.99. The van der Waals surface area contributed by atoms with E-state index >= 15 is 0 Å². The predicted molar refractivity (Wildman–Crippen MR) is 75.7 cm³/mol. The van der Waals surface area contributed by atoms with Gasteiger partial charge in [-0.1, -0.05) is 28.1 Å². The van der Waals surface area contributed by atoms with E-state index in [1.165, 1.54) is 6.07 Å². The molecule has 2 aromatic rings. The summed E-state index contributed by atoms with van der Waals surface area (Å²) in [5, 5.41) is 8.19. The molecule has 1 aromatic heterocycles. The summed E-state index contributed by atoms with van der Waals surface area (Å²) in [7, 11) is 0. The minimum absolute atomic E-state index is 0.190. The molecule has 0 spiro atoms. The zero-order valence-electron chi connectivity index (χ0n) is 9.99. The normalized spacial score (nSPS) is 12.7. The van der Waals surface area contributed by atoms with Crippen LogP contribution in [0.4, 0.5) is 4.39 Å². The molecule has 0 amide bonds. The molecule has 0 N–H and O–H groups in total. The molecule has 1 unspecified atom stereocenters. The maximum Gasteiger partial charge on any atom is 0.137 e. The third-order valence-corrected chi connectivity index (χ3v) is 4.40. The van der Waals surface area contributed by atoms with Crippen LogP contribution in [0.1, 0.15) is 29.4 Å². The first-order valence-corrected chi connectivity index (χ1v) is 7.26. The highest BCUT2D eigenvalue weighted by molar-refractivity contribution is 9.10. The molecule has 2 rings (SSSR count). The molecule has 6 heteroatoms. The molecule has 0 aliphatic carbocycles. The second kappa shape index (κ2) is 5.48. The summed E-state index contributed by atoms with van der Waals surface area (Å²) in [5.74, 6) is -0.275.